The predicted molar refractivity (Wildman–Crippen MR) is 81.4 cm³/mol. The largest absolute Gasteiger partial charge is 0.316 e. The van der Waals surface area contributed by atoms with Gasteiger partial charge in [-0.15, -0.1) is 0 Å². The maximum Gasteiger partial charge on any atom is 0.244 e. The SMILES string of the molecule is CNCc1ccc(Cl)c(S(=O)(=O)N2CCC(C)(C)C2)c1. The summed E-state index contributed by atoms with van der Waals surface area (Å²) in [6.45, 7) is 5.89. The molecule has 112 valence electrons. The summed E-state index contributed by atoms with van der Waals surface area (Å²) in [6, 6.07) is 5.16. The zero-order valence-corrected chi connectivity index (χ0v) is 13.7. The number of nitrogens with one attached hydrogen (secondary N) is 1. The van der Waals surface area contributed by atoms with Gasteiger partial charge in [0.05, 0.1) is 5.02 Å². The van der Waals surface area contributed by atoms with Gasteiger partial charge in [-0.3, -0.25) is 0 Å². The Hall–Kier alpha value is -0.620. The molecule has 0 aromatic heterocycles. The molecule has 2 rings (SSSR count). The van der Waals surface area contributed by atoms with E-state index < -0.39 is 10.0 Å². The summed E-state index contributed by atoms with van der Waals surface area (Å²) in [4.78, 5) is 0.213. The highest BCUT2D eigenvalue weighted by molar-refractivity contribution is 7.89. The standard InChI is InChI=1S/C14H21ClN2O2S/c1-14(2)6-7-17(10-14)20(18,19)13-8-11(9-16-3)4-5-12(13)15/h4-5,8,16H,6-7,9-10H2,1-3H3. The van der Waals surface area contributed by atoms with Crippen molar-refractivity contribution in [3.8, 4) is 0 Å². The molecule has 1 heterocycles. The fourth-order valence-electron chi connectivity index (χ4n) is 2.47. The van der Waals surface area contributed by atoms with E-state index in [1.807, 2.05) is 13.1 Å². The van der Waals surface area contributed by atoms with Crippen LogP contribution in [0.4, 0.5) is 0 Å². The zero-order valence-electron chi connectivity index (χ0n) is 12.1. The molecule has 0 bridgehead atoms. The second-order valence-corrected chi connectivity index (χ2v) is 8.36. The van der Waals surface area contributed by atoms with Crippen molar-refractivity contribution in [2.24, 2.45) is 5.41 Å². The molecule has 1 fully saturated rings. The Balaban J connectivity index is 2.37. The molecule has 0 aliphatic carbocycles. The van der Waals surface area contributed by atoms with Crippen molar-refractivity contribution in [3.05, 3.63) is 28.8 Å². The molecular formula is C14H21ClN2O2S. The third-order valence-electron chi connectivity index (χ3n) is 3.64. The quantitative estimate of drug-likeness (QED) is 0.928. The second kappa shape index (κ2) is 5.64. The summed E-state index contributed by atoms with van der Waals surface area (Å²) in [7, 11) is -1.68. The molecule has 1 aromatic carbocycles. The van der Waals surface area contributed by atoms with Crippen molar-refractivity contribution < 1.29 is 8.42 Å². The first-order valence-corrected chi connectivity index (χ1v) is 8.51. The molecule has 1 N–H and O–H groups in total. The Morgan fingerprint density at radius 3 is 2.65 bits per heavy atom. The molecule has 1 aliphatic rings. The lowest BCUT2D eigenvalue weighted by atomic mass is 9.93. The molecule has 0 saturated carbocycles. The van der Waals surface area contributed by atoms with Crippen molar-refractivity contribution >= 4 is 21.6 Å². The Morgan fingerprint density at radius 2 is 2.10 bits per heavy atom. The lowest BCUT2D eigenvalue weighted by molar-refractivity contribution is 0.375. The molecule has 4 nitrogen and oxygen atoms in total. The Kier molecular flexibility index (Phi) is 4.44. The smallest absolute Gasteiger partial charge is 0.244 e. The average Bonchev–Trinajstić information content (AvgIpc) is 2.73. The minimum atomic E-state index is -3.51. The van der Waals surface area contributed by atoms with E-state index in [1.165, 1.54) is 4.31 Å². The topological polar surface area (TPSA) is 49.4 Å². The molecule has 1 aromatic rings. The van der Waals surface area contributed by atoms with Crippen LogP contribution in [0.5, 0.6) is 0 Å². The molecule has 1 saturated heterocycles. The summed E-state index contributed by atoms with van der Waals surface area (Å²) in [5, 5.41) is 3.30. The number of halogens is 1. The number of nitrogens with zero attached hydrogens (tertiary/aromatic N) is 1. The monoisotopic (exact) mass is 316 g/mol. The van der Waals surface area contributed by atoms with E-state index in [2.05, 4.69) is 19.2 Å². The van der Waals surface area contributed by atoms with Crippen LogP contribution < -0.4 is 5.32 Å². The van der Waals surface area contributed by atoms with Crippen LogP contribution in [0, 0.1) is 5.41 Å². The lowest BCUT2D eigenvalue weighted by Gasteiger charge is -2.20. The first-order chi connectivity index (χ1) is 9.26. The van der Waals surface area contributed by atoms with E-state index in [-0.39, 0.29) is 15.3 Å². The fraction of sp³-hybridized carbons (Fsp3) is 0.571. The molecule has 6 heteroatoms. The van der Waals surface area contributed by atoms with Gasteiger partial charge < -0.3 is 5.32 Å². The van der Waals surface area contributed by atoms with Crippen LogP contribution in [0.3, 0.4) is 0 Å². The van der Waals surface area contributed by atoms with Crippen molar-refractivity contribution in [2.45, 2.75) is 31.7 Å². The summed E-state index contributed by atoms with van der Waals surface area (Å²) in [5.41, 5.74) is 0.941. The highest BCUT2D eigenvalue weighted by Gasteiger charge is 2.37. The summed E-state index contributed by atoms with van der Waals surface area (Å²) in [6.07, 6.45) is 0.875. The van der Waals surface area contributed by atoms with Crippen molar-refractivity contribution in [1.82, 2.24) is 9.62 Å². The van der Waals surface area contributed by atoms with E-state index in [0.717, 1.165) is 12.0 Å². The minimum Gasteiger partial charge on any atom is -0.316 e. The van der Waals surface area contributed by atoms with E-state index in [9.17, 15) is 8.42 Å². The number of hydrogen-bond donors (Lipinski definition) is 1. The molecular weight excluding hydrogens is 296 g/mol. The van der Waals surface area contributed by atoms with Crippen LogP contribution >= 0.6 is 11.6 Å². The molecule has 0 atom stereocenters. The van der Waals surface area contributed by atoms with Gasteiger partial charge in [-0.25, -0.2) is 8.42 Å². The number of sulfonamides is 1. The Bertz CT molecular complexity index is 599. The maximum atomic E-state index is 12.7. The van der Waals surface area contributed by atoms with Crippen molar-refractivity contribution in [3.63, 3.8) is 0 Å². The molecule has 0 unspecified atom stereocenters. The zero-order chi connectivity index (χ0) is 15.0. The van der Waals surface area contributed by atoms with Gasteiger partial charge in [0.2, 0.25) is 10.0 Å². The highest BCUT2D eigenvalue weighted by atomic mass is 35.5. The highest BCUT2D eigenvalue weighted by Crippen LogP contribution is 2.34. The molecule has 20 heavy (non-hydrogen) atoms. The first kappa shape index (κ1) is 15.8. The summed E-state index contributed by atoms with van der Waals surface area (Å²) >= 11 is 6.10. The molecule has 0 radical (unpaired) electrons. The molecule has 0 amide bonds. The van der Waals surface area contributed by atoms with Gasteiger partial charge in [-0.2, -0.15) is 4.31 Å². The number of benzene rings is 1. The Labute approximate surface area is 126 Å². The van der Waals surface area contributed by atoms with Crippen LogP contribution in [0.1, 0.15) is 25.8 Å². The van der Waals surface area contributed by atoms with Gasteiger partial charge in [-0.1, -0.05) is 31.5 Å². The lowest BCUT2D eigenvalue weighted by Crippen LogP contribution is -2.30. The molecule has 1 aliphatic heterocycles. The van der Waals surface area contributed by atoms with Gasteiger partial charge in [-0.05, 0) is 36.6 Å². The van der Waals surface area contributed by atoms with Crippen molar-refractivity contribution in [1.29, 1.82) is 0 Å². The summed E-state index contributed by atoms with van der Waals surface area (Å²) in [5.74, 6) is 0. The van der Waals surface area contributed by atoms with Gasteiger partial charge in [0, 0.05) is 19.6 Å². The fourth-order valence-corrected chi connectivity index (χ4v) is 4.62. The van der Waals surface area contributed by atoms with E-state index in [0.29, 0.717) is 19.6 Å². The van der Waals surface area contributed by atoms with Gasteiger partial charge in [0.25, 0.3) is 0 Å². The Morgan fingerprint density at radius 1 is 1.40 bits per heavy atom. The van der Waals surface area contributed by atoms with Crippen LogP contribution in [-0.2, 0) is 16.6 Å². The molecule has 0 spiro atoms. The number of hydrogen-bond acceptors (Lipinski definition) is 3. The maximum absolute atomic E-state index is 12.7. The first-order valence-electron chi connectivity index (χ1n) is 6.69. The van der Waals surface area contributed by atoms with Crippen LogP contribution in [-0.4, -0.2) is 32.9 Å². The average molecular weight is 317 g/mol. The third kappa shape index (κ3) is 3.17. The minimum absolute atomic E-state index is 0.0299. The van der Waals surface area contributed by atoms with E-state index >= 15 is 0 Å². The van der Waals surface area contributed by atoms with Crippen molar-refractivity contribution in [2.75, 3.05) is 20.1 Å². The summed E-state index contributed by atoms with van der Waals surface area (Å²) < 4.78 is 27.0. The van der Waals surface area contributed by atoms with Gasteiger partial charge in [0.1, 0.15) is 4.90 Å². The van der Waals surface area contributed by atoms with E-state index in [1.54, 1.807) is 12.1 Å². The van der Waals surface area contributed by atoms with Crippen LogP contribution in [0.2, 0.25) is 5.02 Å². The number of rotatable bonds is 4. The van der Waals surface area contributed by atoms with Gasteiger partial charge in [0.15, 0.2) is 0 Å². The predicted octanol–water partition coefficient (Wildman–Crippen LogP) is 2.48. The van der Waals surface area contributed by atoms with Crippen LogP contribution in [0.15, 0.2) is 23.1 Å². The van der Waals surface area contributed by atoms with E-state index in [4.69, 9.17) is 11.6 Å². The third-order valence-corrected chi connectivity index (χ3v) is 5.96. The normalized spacial score (nSPS) is 19.4. The van der Waals surface area contributed by atoms with Crippen LogP contribution in [0.25, 0.3) is 0 Å². The second-order valence-electron chi connectivity index (χ2n) is 6.05. The van der Waals surface area contributed by atoms with Gasteiger partial charge >= 0.3 is 0 Å².